The van der Waals surface area contributed by atoms with Crippen LogP contribution in [0.2, 0.25) is 0 Å². The molecule has 0 aliphatic heterocycles. The van der Waals surface area contributed by atoms with Crippen LogP contribution in [0.3, 0.4) is 0 Å². The Hall–Kier alpha value is -2.77. The lowest BCUT2D eigenvalue weighted by atomic mass is 9.94. The van der Waals surface area contributed by atoms with Crippen molar-refractivity contribution in [1.82, 2.24) is 15.5 Å². The van der Waals surface area contributed by atoms with E-state index < -0.39 is 11.4 Å². The molecule has 8 heteroatoms. The zero-order valence-electron chi connectivity index (χ0n) is 14.3. The van der Waals surface area contributed by atoms with Gasteiger partial charge in [-0.3, -0.25) is 9.59 Å². The van der Waals surface area contributed by atoms with Gasteiger partial charge >= 0.3 is 5.97 Å². The van der Waals surface area contributed by atoms with E-state index in [9.17, 15) is 14.0 Å². The Bertz CT molecular complexity index is 786. The highest BCUT2D eigenvalue weighted by Gasteiger charge is 2.27. The number of carboxylic acid groups (broad SMARTS) is 1. The van der Waals surface area contributed by atoms with Crippen LogP contribution in [0.25, 0.3) is 11.4 Å². The van der Waals surface area contributed by atoms with Crippen LogP contribution in [0.15, 0.2) is 22.7 Å². The third kappa shape index (κ3) is 4.85. The number of amides is 1. The highest BCUT2D eigenvalue weighted by molar-refractivity contribution is 5.78. The number of aliphatic carboxylic acids is 1. The second-order valence-corrected chi connectivity index (χ2v) is 6.44. The van der Waals surface area contributed by atoms with Crippen molar-refractivity contribution >= 4 is 11.9 Å². The molecule has 7 nitrogen and oxygen atoms in total. The minimum absolute atomic E-state index is 0.0267. The number of halogens is 1. The van der Waals surface area contributed by atoms with E-state index in [1.165, 1.54) is 19.9 Å². The summed E-state index contributed by atoms with van der Waals surface area (Å²) in [5.74, 6) is -1.15. The highest BCUT2D eigenvalue weighted by Crippen LogP contribution is 2.19. The fraction of sp³-hybridized carbons (Fsp3) is 0.412. The number of hydrogen-bond acceptors (Lipinski definition) is 5. The van der Waals surface area contributed by atoms with E-state index in [4.69, 9.17) is 9.63 Å². The van der Waals surface area contributed by atoms with E-state index in [0.29, 0.717) is 11.1 Å². The van der Waals surface area contributed by atoms with Crippen LogP contribution in [0.1, 0.15) is 31.7 Å². The van der Waals surface area contributed by atoms with E-state index in [1.807, 2.05) is 0 Å². The Kier molecular flexibility index (Phi) is 5.51. The predicted octanol–water partition coefficient (Wildman–Crippen LogP) is 2.34. The van der Waals surface area contributed by atoms with Crippen LogP contribution < -0.4 is 5.32 Å². The lowest BCUT2D eigenvalue weighted by molar-refractivity contribution is -0.146. The molecule has 0 bridgehead atoms. The molecule has 0 atom stereocenters. The van der Waals surface area contributed by atoms with E-state index in [-0.39, 0.29) is 42.8 Å². The van der Waals surface area contributed by atoms with Gasteiger partial charge < -0.3 is 14.9 Å². The van der Waals surface area contributed by atoms with Gasteiger partial charge in [-0.1, -0.05) is 17.3 Å². The van der Waals surface area contributed by atoms with Gasteiger partial charge in [0.15, 0.2) is 0 Å². The maximum Gasteiger partial charge on any atom is 0.310 e. The van der Waals surface area contributed by atoms with Crippen molar-refractivity contribution < 1.29 is 23.6 Å². The quantitative estimate of drug-likeness (QED) is 0.795. The molecule has 0 aliphatic carbocycles. The van der Waals surface area contributed by atoms with Crippen LogP contribution >= 0.6 is 0 Å². The number of carbonyl (C=O) groups is 2. The number of hydrogen-bond donors (Lipinski definition) is 2. The molecule has 134 valence electrons. The van der Waals surface area contributed by atoms with Gasteiger partial charge in [-0.25, -0.2) is 4.39 Å². The number of nitrogens with one attached hydrogen (secondary N) is 1. The summed E-state index contributed by atoms with van der Waals surface area (Å²) in [6, 6.07) is 4.64. The predicted molar refractivity (Wildman–Crippen MR) is 87.2 cm³/mol. The molecule has 0 aliphatic rings. The van der Waals surface area contributed by atoms with Crippen molar-refractivity contribution in [1.29, 1.82) is 0 Å². The fourth-order valence-electron chi connectivity index (χ4n) is 1.91. The summed E-state index contributed by atoms with van der Waals surface area (Å²) in [7, 11) is 0. The number of aryl methyl sites for hydroxylation is 2. The first-order valence-corrected chi connectivity index (χ1v) is 7.78. The van der Waals surface area contributed by atoms with Gasteiger partial charge in [0.2, 0.25) is 17.6 Å². The molecule has 1 aromatic heterocycles. The second kappa shape index (κ2) is 7.42. The van der Waals surface area contributed by atoms with Gasteiger partial charge in [0, 0.05) is 24.9 Å². The molecular formula is C17H20FN3O4. The van der Waals surface area contributed by atoms with Gasteiger partial charge in [0.25, 0.3) is 0 Å². The molecular weight excluding hydrogens is 329 g/mol. The first-order chi connectivity index (χ1) is 11.7. The topological polar surface area (TPSA) is 105 Å². The molecule has 0 fully saturated rings. The minimum Gasteiger partial charge on any atom is -0.481 e. The molecule has 0 spiro atoms. The van der Waals surface area contributed by atoms with Crippen molar-refractivity contribution in [3.8, 4) is 11.4 Å². The Morgan fingerprint density at radius 3 is 2.72 bits per heavy atom. The highest BCUT2D eigenvalue weighted by atomic mass is 19.1. The molecule has 2 aromatic rings. The minimum atomic E-state index is -1.04. The van der Waals surface area contributed by atoms with Crippen LogP contribution in [0.4, 0.5) is 4.39 Å². The van der Waals surface area contributed by atoms with Crippen LogP contribution in [-0.4, -0.2) is 33.7 Å². The van der Waals surface area contributed by atoms with Gasteiger partial charge in [0.05, 0.1) is 5.41 Å². The number of benzene rings is 1. The summed E-state index contributed by atoms with van der Waals surface area (Å²) in [4.78, 5) is 26.9. The molecule has 2 rings (SSSR count). The van der Waals surface area contributed by atoms with Crippen LogP contribution in [-0.2, 0) is 16.0 Å². The van der Waals surface area contributed by atoms with Crippen molar-refractivity contribution in [2.75, 3.05) is 6.54 Å². The van der Waals surface area contributed by atoms with E-state index in [0.717, 1.165) is 0 Å². The third-order valence-corrected chi connectivity index (χ3v) is 3.77. The van der Waals surface area contributed by atoms with Crippen LogP contribution in [0, 0.1) is 18.2 Å². The molecule has 1 aromatic carbocycles. The summed E-state index contributed by atoms with van der Waals surface area (Å²) < 4.78 is 18.6. The number of nitrogens with zero attached hydrogens (tertiary/aromatic N) is 2. The van der Waals surface area contributed by atoms with Gasteiger partial charge in [-0.15, -0.1) is 0 Å². The summed E-state index contributed by atoms with van der Waals surface area (Å²) >= 11 is 0. The molecule has 2 N–H and O–H groups in total. The smallest absolute Gasteiger partial charge is 0.310 e. The summed E-state index contributed by atoms with van der Waals surface area (Å²) in [6.45, 7) is 4.74. The molecule has 1 amide bonds. The van der Waals surface area contributed by atoms with E-state index >= 15 is 0 Å². The summed E-state index contributed by atoms with van der Waals surface area (Å²) in [6.07, 6.45) is 0.292. The molecule has 25 heavy (non-hydrogen) atoms. The zero-order chi connectivity index (χ0) is 18.6. The zero-order valence-corrected chi connectivity index (χ0v) is 14.3. The monoisotopic (exact) mass is 349 g/mol. The largest absolute Gasteiger partial charge is 0.481 e. The molecule has 0 unspecified atom stereocenters. The average Bonchev–Trinajstić information content (AvgIpc) is 3.02. The Labute approximate surface area is 144 Å². The van der Waals surface area contributed by atoms with Gasteiger partial charge in [-0.05, 0) is 32.4 Å². The maximum absolute atomic E-state index is 13.6. The van der Waals surface area contributed by atoms with Crippen molar-refractivity contribution in [2.24, 2.45) is 5.41 Å². The first-order valence-electron chi connectivity index (χ1n) is 7.78. The SMILES string of the molecule is Cc1ccc(-c2noc(CCC(=O)NCC(C)(C)C(=O)O)n2)cc1F. The van der Waals surface area contributed by atoms with Crippen molar-refractivity contribution in [3.05, 3.63) is 35.5 Å². The second-order valence-electron chi connectivity index (χ2n) is 6.44. The van der Waals surface area contributed by atoms with Crippen LogP contribution in [0.5, 0.6) is 0 Å². The maximum atomic E-state index is 13.6. The Morgan fingerprint density at radius 2 is 2.08 bits per heavy atom. The fourth-order valence-corrected chi connectivity index (χ4v) is 1.91. The molecule has 1 heterocycles. The lowest BCUT2D eigenvalue weighted by Crippen LogP contribution is -2.38. The third-order valence-electron chi connectivity index (χ3n) is 3.77. The normalized spacial score (nSPS) is 11.4. The van der Waals surface area contributed by atoms with Crippen molar-refractivity contribution in [2.45, 2.75) is 33.6 Å². The van der Waals surface area contributed by atoms with E-state index in [2.05, 4.69) is 15.5 Å². The Balaban J connectivity index is 1.90. The summed E-state index contributed by atoms with van der Waals surface area (Å²) in [5.41, 5.74) is -0.0257. The van der Waals surface area contributed by atoms with E-state index in [1.54, 1.807) is 19.1 Å². The van der Waals surface area contributed by atoms with Crippen molar-refractivity contribution in [3.63, 3.8) is 0 Å². The number of aromatic nitrogens is 2. The summed E-state index contributed by atoms with van der Waals surface area (Å²) in [5, 5.41) is 15.3. The van der Waals surface area contributed by atoms with Gasteiger partial charge in [0.1, 0.15) is 5.82 Å². The first kappa shape index (κ1) is 18.6. The lowest BCUT2D eigenvalue weighted by Gasteiger charge is -2.19. The molecule has 0 saturated carbocycles. The average molecular weight is 349 g/mol. The van der Waals surface area contributed by atoms with Gasteiger partial charge in [-0.2, -0.15) is 4.98 Å². The number of rotatable bonds is 7. The number of carboxylic acids is 1. The Morgan fingerprint density at radius 1 is 1.36 bits per heavy atom. The molecule has 0 saturated heterocycles. The number of carbonyl (C=O) groups excluding carboxylic acids is 1. The molecule has 0 radical (unpaired) electrons. The standard InChI is InChI=1S/C17H20FN3O4/c1-10-4-5-11(8-12(10)18)15-20-14(25-21-15)7-6-13(22)19-9-17(2,3)16(23)24/h4-5,8H,6-7,9H2,1-3H3,(H,19,22)(H,23,24).